The molecule has 1 saturated heterocycles. The predicted octanol–water partition coefficient (Wildman–Crippen LogP) is 0.556. The van der Waals surface area contributed by atoms with Crippen molar-refractivity contribution in [1.29, 1.82) is 0 Å². The average Bonchev–Trinajstić information content (AvgIpc) is 2.91. The lowest BCUT2D eigenvalue weighted by Crippen LogP contribution is -2.41. The molecule has 1 aliphatic rings. The maximum absolute atomic E-state index is 12.6. The molecule has 23 heavy (non-hydrogen) atoms. The van der Waals surface area contributed by atoms with Crippen molar-refractivity contribution >= 4 is 11.2 Å². The number of rotatable bonds is 4. The molecule has 0 amide bonds. The largest absolute Gasteiger partial charge is 0.332 e. The van der Waals surface area contributed by atoms with E-state index in [9.17, 15) is 9.59 Å². The Hall–Kier alpha value is -1.89. The van der Waals surface area contributed by atoms with Gasteiger partial charge in [-0.1, -0.05) is 6.92 Å². The van der Waals surface area contributed by atoms with E-state index in [1.54, 1.807) is 25.0 Å². The molecule has 0 aliphatic carbocycles. The smallest absolute Gasteiger partial charge is 0.328 e. The zero-order valence-corrected chi connectivity index (χ0v) is 14.2. The molecular weight excluding hydrogens is 294 g/mol. The topological polar surface area (TPSA) is 65.1 Å². The number of hydrogen-bond donors (Lipinski definition) is 0. The van der Waals surface area contributed by atoms with Crippen LogP contribution in [0, 0.1) is 5.92 Å². The van der Waals surface area contributed by atoms with Crippen LogP contribution in [-0.4, -0.2) is 43.2 Å². The third-order valence-corrected chi connectivity index (χ3v) is 4.80. The van der Waals surface area contributed by atoms with E-state index in [1.165, 1.54) is 22.0 Å². The van der Waals surface area contributed by atoms with Crippen molar-refractivity contribution in [3.63, 3.8) is 0 Å². The molecule has 0 N–H and O–H groups in total. The molecule has 7 heteroatoms. The van der Waals surface area contributed by atoms with Gasteiger partial charge in [0, 0.05) is 27.2 Å². The molecule has 0 saturated carbocycles. The second kappa shape index (κ2) is 6.31. The summed E-state index contributed by atoms with van der Waals surface area (Å²) in [6.07, 6.45) is 4.92. The summed E-state index contributed by atoms with van der Waals surface area (Å²) in [6, 6.07) is 0. The van der Waals surface area contributed by atoms with E-state index in [-0.39, 0.29) is 11.2 Å². The van der Waals surface area contributed by atoms with Crippen LogP contribution in [0.4, 0.5) is 0 Å². The van der Waals surface area contributed by atoms with Gasteiger partial charge >= 0.3 is 5.69 Å². The van der Waals surface area contributed by atoms with Gasteiger partial charge in [0.1, 0.15) is 0 Å². The molecule has 2 aromatic heterocycles. The Morgan fingerprint density at radius 3 is 2.78 bits per heavy atom. The van der Waals surface area contributed by atoms with Crippen molar-refractivity contribution in [3.05, 3.63) is 27.2 Å². The molecule has 1 aliphatic heterocycles. The first-order valence-electron chi connectivity index (χ1n) is 8.32. The van der Waals surface area contributed by atoms with Gasteiger partial charge in [-0.15, -0.1) is 0 Å². The minimum absolute atomic E-state index is 0.241. The normalized spacial score (nSPS) is 19.5. The first-order valence-corrected chi connectivity index (χ1v) is 8.32. The van der Waals surface area contributed by atoms with Gasteiger partial charge in [0.2, 0.25) is 0 Å². The Kier molecular flexibility index (Phi) is 4.39. The lowest BCUT2D eigenvalue weighted by molar-refractivity contribution is 0.179. The minimum Gasteiger partial charge on any atom is -0.328 e. The van der Waals surface area contributed by atoms with E-state index in [2.05, 4.69) is 16.8 Å². The van der Waals surface area contributed by atoms with Gasteiger partial charge in [0.25, 0.3) is 5.56 Å². The zero-order chi connectivity index (χ0) is 16.6. The number of piperidine rings is 1. The summed E-state index contributed by atoms with van der Waals surface area (Å²) in [4.78, 5) is 31.6. The van der Waals surface area contributed by atoms with Crippen LogP contribution >= 0.6 is 0 Å². The number of aryl methyl sites for hydroxylation is 2. The quantitative estimate of drug-likeness (QED) is 0.826. The fraction of sp³-hybridized carbons (Fsp3) is 0.688. The Morgan fingerprint density at radius 1 is 1.26 bits per heavy atom. The second-order valence-electron chi connectivity index (χ2n) is 6.73. The number of fused-ring (bicyclic) bond motifs is 1. The van der Waals surface area contributed by atoms with Crippen LogP contribution in [0.15, 0.2) is 15.9 Å². The monoisotopic (exact) mass is 319 g/mol. The summed E-state index contributed by atoms with van der Waals surface area (Å²) in [5.41, 5.74) is 0.408. The van der Waals surface area contributed by atoms with Crippen molar-refractivity contribution in [2.45, 2.75) is 32.7 Å². The maximum atomic E-state index is 12.6. The molecular formula is C16H25N5O2. The first-order chi connectivity index (χ1) is 11.0. The molecule has 1 unspecified atom stereocenters. The third-order valence-electron chi connectivity index (χ3n) is 4.80. The van der Waals surface area contributed by atoms with Crippen LogP contribution in [0.2, 0.25) is 0 Å². The molecule has 1 atom stereocenters. The number of imidazole rings is 1. The van der Waals surface area contributed by atoms with Crippen molar-refractivity contribution < 1.29 is 0 Å². The molecule has 0 spiro atoms. The molecule has 0 radical (unpaired) electrons. The van der Waals surface area contributed by atoms with E-state index in [0.717, 1.165) is 32.0 Å². The highest BCUT2D eigenvalue weighted by atomic mass is 16.2. The van der Waals surface area contributed by atoms with E-state index >= 15 is 0 Å². The van der Waals surface area contributed by atoms with E-state index in [4.69, 9.17) is 0 Å². The van der Waals surface area contributed by atoms with Crippen LogP contribution in [0.1, 0.15) is 26.2 Å². The van der Waals surface area contributed by atoms with Gasteiger partial charge < -0.3 is 9.47 Å². The van der Waals surface area contributed by atoms with Crippen LogP contribution in [0.3, 0.4) is 0 Å². The molecule has 7 nitrogen and oxygen atoms in total. The number of likely N-dealkylation sites (tertiary alicyclic amines) is 1. The lowest BCUT2D eigenvalue weighted by Gasteiger charge is -2.30. The molecule has 0 aromatic carbocycles. The summed E-state index contributed by atoms with van der Waals surface area (Å²) in [5.74, 6) is 0.741. The minimum atomic E-state index is -0.284. The average molecular weight is 319 g/mol. The molecule has 126 valence electrons. The Labute approximate surface area is 135 Å². The number of hydrogen-bond acceptors (Lipinski definition) is 4. The highest BCUT2D eigenvalue weighted by Crippen LogP contribution is 2.15. The summed E-state index contributed by atoms with van der Waals surface area (Å²) < 4.78 is 4.48. The third kappa shape index (κ3) is 2.97. The molecule has 3 heterocycles. The van der Waals surface area contributed by atoms with Gasteiger partial charge in [0.15, 0.2) is 11.2 Å². The van der Waals surface area contributed by atoms with Crippen molar-refractivity contribution in [3.8, 4) is 0 Å². The highest BCUT2D eigenvalue weighted by molar-refractivity contribution is 5.69. The van der Waals surface area contributed by atoms with Crippen LogP contribution in [-0.2, 0) is 20.6 Å². The molecule has 0 bridgehead atoms. The van der Waals surface area contributed by atoms with E-state index < -0.39 is 0 Å². The fourth-order valence-electron chi connectivity index (χ4n) is 3.54. The fourth-order valence-corrected chi connectivity index (χ4v) is 3.54. The summed E-state index contributed by atoms with van der Waals surface area (Å²) in [6.45, 7) is 5.91. The first kappa shape index (κ1) is 16.0. The van der Waals surface area contributed by atoms with Gasteiger partial charge in [0.05, 0.1) is 6.33 Å². The van der Waals surface area contributed by atoms with Crippen molar-refractivity contribution in [2.75, 3.05) is 19.6 Å². The van der Waals surface area contributed by atoms with Crippen LogP contribution in [0.5, 0.6) is 0 Å². The van der Waals surface area contributed by atoms with E-state index in [0.29, 0.717) is 17.7 Å². The number of aromatic nitrogens is 4. The SMILES string of the molecule is CC1CCCN(CCCn2c(=O)c3c(ncn3C)n(C)c2=O)C1. The molecule has 2 aromatic rings. The summed E-state index contributed by atoms with van der Waals surface area (Å²) in [7, 11) is 3.45. The Bertz CT molecular complexity index is 816. The zero-order valence-electron chi connectivity index (χ0n) is 14.2. The maximum Gasteiger partial charge on any atom is 0.332 e. The van der Waals surface area contributed by atoms with E-state index in [1.807, 2.05) is 0 Å². The van der Waals surface area contributed by atoms with Crippen LogP contribution < -0.4 is 11.2 Å². The molecule has 3 rings (SSSR count). The number of nitrogens with zero attached hydrogens (tertiary/aromatic N) is 5. The standard InChI is InChI=1S/C16H25N5O2/c1-12-6-4-7-20(10-12)8-5-9-21-15(22)13-14(17-11-18(13)2)19(3)16(21)23/h11-12H,4-10H2,1-3H3. The lowest BCUT2D eigenvalue weighted by atomic mass is 10.0. The van der Waals surface area contributed by atoms with Gasteiger partial charge in [-0.3, -0.25) is 13.9 Å². The predicted molar refractivity (Wildman–Crippen MR) is 89.7 cm³/mol. The summed E-state index contributed by atoms with van der Waals surface area (Å²) in [5, 5.41) is 0. The highest BCUT2D eigenvalue weighted by Gasteiger charge is 2.17. The second-order valence-corrected chi connectivity index (χ2v) is 6.73. The summed E-state index contributed by atoms with van der Waals surface area (Å²) >= 11 is 0. The van der Waals surface area contributed by atoms with Crippen LogP contribution in [0.25, 0.3) is 11.2 Å². The van der Waals surface area contributed by atoms with Gasteiger partial charge in [-0.25, -0.2) is 9.78 Å². The Balaban J connectivity index is 1.79. The molecule has 1 fully saturated rings. The van der Waals surface area contributed by atoms with Gasteiger partial charge in [-0.2, -0.15) is 0 Å². The van der Waals surface area contributed by atoms with Crippen molar-refractivity contribution in [1.82, 2.24) is 23.6 Å². The Morgan fingerprint density at radius 2 is 2.04 bits per heavy atom. The van der Waals surface area contributed by atoms with Crippen molar-refractivity contribution in [2.24, 2.45) is 20.0 Å². The van der Waals surface area contributed by atoms with Gasteiger partial charge in [-0.05, 0) is 38.3 Å².